The minimum Gasteiger partial charge on any atom is -0.393 e. The summed E-state index contributed by atoms with van der Waals surface area (Å²) in [5.41, 5.74) is 0. The van der Waals surface area contributed by atoms with Crippen molar-refractivity contribution in [3.05, 3.63) is 0 Å². The average Bonchev–Trinajstić information content (AvgIpc) is 2.75. The first-order valence-electron chi connectivity index (χ1n) is 6.88. The van der Waals surface area contributed by atoms with E-state index in [-0.39, 0.29) is 18.3 Å². The van der Waals surface area contributed by atoms with Gasteiger partial charge in [-0.25, -0.2) is 0 Å². The van der Waals surface area contributed by atoms with Crippen molar-refractivity contribution in [3.63, 3.8) is 0 Å². The molecule has 0 aromatic rings. The fourth-order valence-electron chi connectivity index (χ4n) is 1.45. The van der Waals surface area contributed by atoms with Crippen molar-refractivity contribution >= 4 is 24.3 Å². The predicted octanol–water partition coefficient (Wildman–Crippen LogP) is 2.52. The topological polar surface area (TPSA) is 71.1 Å². The molecule has 0 aromatic heterocycles. The summed E-state index contributed by atoms with van der Waals surface area (Å²) < 4.78 is 19.1. The molecule has 0 radical (unpaired) electrons. The van der Waals surface area contributed by atoms with Crippen LogP contribution < -0.4 is 0 Å². The Morgan fingerprint density at radius 1 is 1.15 bits per heavy atom. The Bertz CT molecular complexity index is 268. The molecule has 6 nitrogen and oxygen atoms in total. The van der Waals surface area contributed by atoms with Crippen LogP contribution in [0.3, 0.4) is 0 Å². The Hall–Kier alpha value is -0.630. The number of esters is 2. The molecule has 7 heteroatoms. The lowest BCUT2D eigenvalue weighted by molar-refractivity contribution is -0.153. The number of hydrogen-bond acceptors (Lipinski definition) is 7. The van der Waals surface area contributed by atoms with Crippen LogP contribution in [0.1, 0.15) is 40.0 Å². The van der Waals surface area contributed by atoms with Crippen LogP contribution in [0.25, 0.3) is 0 Å². The molecule has 0 spiro atoms. The van der Waals surface area contributed by atoms with Gasteiger partial charge in [0.05, 0.1) is 25.6 Å². The third kappa shape index (κ3) is 10.2. The summed E-state index contributed by atoms with van der Waals surface area (Å²) in [6.07, 6.45) is 1.73. The minimum absolute atomic E-state index is 0.229. The lowest BCUT2D eigenvalue weighted by atomic mass is 10.0. The summed E-state index contributed by atoms with van der Waals surface area (Å²) >= 11 is 1.05. The van der Waals surface area contributed by atoms with Crippen LogP contribution in [-0.2, 0) is 27.4 Å². The van der Waals surface area contributed by atoms with E-state index in [4.69, 9.17) is 13.1 Å². The third-order valence-electron chi connectivity index (χ3n) is 2.34. The first-order chi connectivity index (χ1) is 9.65. The molecule has 0 N–H and O–H groups in total. The molecular weight excluding hydrogens is 284 g/mol. The molecule has 118 valence electrons. The van der Waals surface area contributed by atoms with E-state index >= 15 is 0 Å². The molecule has 0 amide bonds. The molecule has 1 atom stereocenters. The lowest BCUT2D eigenvalue weighted by Crippen LogP contribution is -2.08. The molecule has 20 heavy (non-hydrogen) atoms. The molecule has 0 aliphatic carbocycles. The fraction of sp³-hybridized carbons (Fsp3) is 0.846. The quantitative estimate of drug-likeness (QED) is 0.280. The zero-order chi connectivity index (χ0) is 15.2. The van der Waals surface area contributed by atoms with Crippen LogP contribution in [0, 0.1) is 5.92 Å². The Balaban J connectivity index is 0.000000441. The van der Waals surface area contributed by atoms with Gasteiger partial charge < -0.3 is 9.47 Å². The zero-order valence-electron chi connectivity index (χ0n) is 12.4. The van der Waals surface area contributed by atoms with Gasteiger partial charge in [0.2, 0.25) is 0 Å². The van der Waals surface area contributed by atoms with Crippen LogP contribution in [0.2, 0.25) is 0 Å². The van der Waals surface area contributed by atoms with Crippen molar-refractivity contribution in [2.45, 2.75) is 40.0 Å². The molecular formula is C13H24O6S. The summed E-state index contributed by atoms with van der Waals surface area (Å²) in [5.74, 6) is -0.999. The lowest BCUT2D eigenvalue weighted by Gasteiger charge is -2.03. The predicted molar refractivity (Wildman–Crippen MR) is 75.8 cm³/mol. The van der Waals surface area contributed by atoms with Crippen molar-refractivity contribution in [2.75, 3.05) is 26.4 Å². The number of carbonyl (C=O) groups excluding carboxylic acids is 2. The van der Waals surface area contributed by atoms with E-state index in [1.807, 2.05) is 20.8 Å². The van der Waals surface area contributed by atoms with Gasteiger partial charge in [-0.1, -0.05) is 0 Å². The monoisotopic (exact) mass is 308 g/mol. The van der Waals surface area contributed by atoms with Crippen LogP contribution >= 0.6 is 12.3 Å². The van der Waals surface area contributed by atoms with Crippen molar-refractivity contribution in [2.24, 2.45) is 5.92 Å². The van der Waals surface area contributed by atoms with Gasteiger partial charge in [0.15, 0.2) is 12.3 Å². The van der Waals surface area contributed by atoms with Crippen LogP contribution in [-0.4, -0.2) is 38.4 Å². The van der Waals surface area contributed by atoms with E-state index in [1.54, 1.807) is 0 Å². The maximum absolute atomic E-state index is 11.0. The average molecular weight is 308 g/mol. The maximum Gasteiger partial charge on any atom is 0.317 e. The normalized spacial score (nSPS) is 17.6. The summed E-state index contributed by atoms with van der Waals surface area (Å²) in [7, 11) is 0. The molecule has 0 saturated carbocycles. The Labute approximate surface area is 124 Å². The van der Waals surface area contributed by atoms with Crippen LogP contribution in [0.15, 0.2) is 0 Å². The number of hydrogen-bond donors (Lipinski definition) is 0. The number of rotatable bonds is 9. The largest absolute Gasteiger partial charge is 0.393 e. The van der Waals surface area contributed by atoms with Gasteiger partial charge in [0, 0.05) is 13.2 Å². The van der Waals surface area contributed by atoms with E-state index in [9.17, 15) is 9.59 Å². The molecule has 1 aliphatic rings. The van der Waals surface area contributed by atoms with Gasteiger partial charge in [-0.2, -0.15) is 0 Å². The minimum atomic E-state index is -0.397. The van der Waals surface area contributed by atoms with E-state index in [1.165, 1.54) is 0 Å². The van der Waals surface area contributed by atoms with Crippen molar-refractivity contribution < 1.29 is 27.4 Å². The Morgan fingerprint density at radius 3 is 2.25 bits per heavy atom. The second-order valence-corrected chi connectivity index (χ2v) is 4.52. The zero-order valence-corrected chi connectivity index (χ0v) is 13.2. The smallest absolute Gasteiger partial charge is 0.317 e. The highest BCUT2D eigenvalue weighted by atomic mass is 32.2. The highest BCUT2D eigenvalue weighted by Crippen LogP contribution is 2.20. The van der Waals surface area contributed by atoms with Gasteiger partial charge in [-0.15, -0.1) is 0 Å². The molecule has 1 unspecified atom stereocenters. The first-order valence-corrected chi connectivity index (χ1v) is 7.55. The second-order valence-electron chi connectivity index (χ2n) is 3.91. The van der Waals surface area contributed by atoms with Gasteiger partial charge >= 0.3 is 11.9 Å². The molecule has 0 bridgehead atoms. The fourth-order valence-corrected chi connectivity index (χ4v) is 1.71. The molecule has 1 saturated heterocycles. The standard InChI is InChI=1S/C9H14O4.C4H10O2S/c1-2-12-5-3-4-7-6-8(10)13-9(7)11;1-3-5-7-6-4-2/h7H,2-6H2,1H3;3-4H2,1-2H3. The van der Waals surface area contributed by atoms with Crippen molar-refractivity contribution in [3.8, 4) is 0 Å². The van der Waals surface area contributed by atoms with Crippen molar-refractivity contribution in [1.29, 1.82) is 0 Å². The highest BCUT2D eigenvalue weighted by Gasteiger charge is 2.32. The van der Waals surface area contributed by atoms with Gasteiger partial charge in [0.1, 0.15) is 0 Å². The summed E-state index contributed by atoms with van der Waals surface area (Å²) in [5, 5.41) is 0. The van der Waals surface area contributed by atoms with Gasteiger partial charge in [-0.05, 0) is 33.6 Å². The molecule has 0 aromatic carbocycles. The van der Waals surface area contributed by atoms with Gasteiger partial charge in [0.25, 0.3) is 0 Å². The van der Waals surface area contributed by atoms with E-state index in [2.05, 4.69) is 4.74 Å². The van der Waals surface area contributed by atoms with E-state index in [0.717, 1.165) is 18.7 Å². The number of ether oxygens (including phenoxy) is 2. The van der Waals surface area contributed by atoms with E-state index < -0.39 is 5.97 Å². The van der Waals surface area contributed by atoms with Crippen LogP contribution in [0.5, 0.6) is 0 Å². The maximum atomic E-state index is 11.0. The summed E-state index contributed by atoms with van der Waals surface area (Å²) in [6.45, 7) is 8.50. The molecule has 1 fully saturated rings. The Kier molecular flexibility index (Phi) is 12.9. The van der Waals surface area contributed by atoms with Gasteiger partial charge in [-0.3, -0.25) is 18.0 Å². The first kappa shape index (κ1) is 19.4. The van der Waals surface area contributed by atoms with E-state index in [0.29, 0.717) is 32.8 Å². The highest BCUT2D eigenvalue weighted by molar-refractivity contribution is 7.89. The Morgan fingerprint density at radius 2 is 1.80 bits per heavy atom. The number of cyclic esters (lactones) is 2. The molecule has 1 rings (SSSR count). The SMILES string of the molecule is CCOCCCC1CC(=O)OC1=O.CCOSOCC. The molecule has 1 heterocycles. The van der Waals surface area contributed by atoms with Crippen molar-refractivity contribution in [1.82, 2.24) is 0 Å². The summed E-state index contributed by atoms with van der Waals surface area (Å²) in [4.78, 5) is 21.6. The third-order valence-corrected chi connectivity index (χ3v) is 3.00. The second kappa shape index (κ2) is 13.4. The molecule has 1 aliphatic heterocycles. The summed E-state index contributed by atoms with van der Waals surface area (Å²) in [6, 6.07) is 0. The van der Waals surface area contributed by atoms with Crippen LogP contribution in [0.4, 0.5) is 0 Å². The number of carbonyl (C=O) groups is 2.